The Labute approximate surface area is 100 Å². The van der Waals surface area contributed by atoms with E-state index in [-0.39, 0.29) is 18.2 Å². The molecule has 17 heavy (non-hydrogen) atoms. The lowest BCUT2D eigenvalue weighted by Gasteiger charge is -2.23. The van der Waals surface area contributed by atoms with Crippen molar-refractivity contribution in [1.82, 2.24) is 0 Å². The molecule has 0 bridgehead atoms. The summed E-state index contributed by atoms with van der Waals surface area (Å²) in [5, 5.41) is 0. The predicted molar refractivity (Wildman–Crippen MR) is 65.8 cm³/mol. The lowest BCUT2D eigenvalue weighted by molar-refractivity contribution is -0.122. The standard InChI is InChI=1S/C13H16N2O2/c1-9(16)8-15-12-5-3-2-4-10(12)6-7-11(14)13(15)17/h2-5,11H,6-8,14H2,1H3. The first kappa shape index (κ1) is 11.8. The maximum absolute atomic E-state index is 12.1. The van der Waals surface area contributed by atoms with Crippen LogP contribution in [-0.4, -0.2) is 24.3 Å². The topological polar surface area (TPSA) is 63.4 Å². The van der Waals surface area contributed by atoms with E-state index >= 15 is 0 Å². The molecule has 0 saturated carbocycles. The largest absolute Gasteiger partial charge is 0.320 e. The summed E-state index contributed by atoms with van der Waals surface area (Å²) in [7, 11) is 0. The van der Waals surface area contributed by atoms with Crippen molar-refractivity contribution in [3.05, 3.63) is 29.8 Å². The molecule has 1 aliphatic rings. The average Bonchev–Trinajstić information content (AvgIpc) is 2.42. The first-order valence-corrected chi connectivity index (χ1v) is 5.74. The van der Waals surface area contributed by atoms with Crippen LogP contribution in [0.3, 0.4) is 0 Å². The maximum atomic E-state index is 12.1. The van der Waals surface area contributed by atoms with E-state index in [1.54, 1.807) is 0 Å². The van der Waals surface area contributed by atoms with Crippen LogP contribution in [0.25, 0.3) is 0 Å². The molecule has 2 rings (SSSR count). The van der Waals surface area contributed by atoms with E-state index < -0.39 is 6.04 Å². The van der Waals surface area contributed by atoms with E-state index in [9.17, 15) is 9.59 Å². The number of rotatable bonds is 2. The Morgan fingerprint density at radius 1 is 1.47 bits per heavy atom. The number of nitrogens with two attached hydrogens (primary N) is 1. The second-order valence-electron chi connectivity index (χ2n) is 4.40. The predicted octanol–water partition coefficient (Wildman–Crippen LogP) is 0.882. The SMILES string of the molecule is CC(=O)CN1C(=O)C(N)CCc2ccccc21. The lowest BCUT2D eigenvalue weighted by Crippen LogP contribution is -2.44. The third-order valence-electron chi connectivity index (χ3n) is 2.97. The van der Waals surface area contributed by atoms with Crippen molar-refractivity contribution in [3.8, 4) is 0 Å². The highest BCUT2D eigenvalue weighted by Gasteiger charge is 2.28. The van der Waals surface area contributed by atoms with Gasteiger partial charge in [0.15, 0.2) is 0 Å². The normalized spacial score (nSPS) is 19.8. The number of carbonyl (C=O) groups is 2. The Hall–Kier alpha value is -1.68. The fraction of sp³-hybridized carbons (Fsp3) is 0.385. The van der Waals surface area contributed by atoms with E-state index in [4.69, 9.17) is 5.73 Å². The van der Waals surface area contributed by atoms with E-state index in [1.807, 2.05) is 24.3 Å². The Balaban J connectivity index is 2.43. The average molecular weight is 232 g/mol. The van der Waals surface area contributed by atoms with Gasteiger partial charge in [0, 0.05) is 5.69 Å². The van der Waals surface area contributed by atoms with E-state index in [1.165, 1.54) is 11.8 Å². The zero-order valence-electron chi connectivity index (χ0n) is 9.85. The number of aryl methyl sites for hydroxylation is 1. The van der Waals surface area contributed by atoms with Gasteiger partial charge in [0.2, 0.25) is 5.91 Å². The van der Waals surface area contributed by atoms with Gasteiger partial charge in [-0.05, 0) is 31.4 Å². The number of hydrogen-bond donors (Lipinski definition) is 1. The van der Waals surface area contributed by atoms with Crippen LogP contribution in [0.2, 0.25) is 0 Å². The summed E-state index contributed by atoms with van der Waals surface area (Å²) in [6.07, 6.45) is 1.40. The quantitative estimate of drug-likeness (QED) is 0.823. The van der Waals surface area contributed by atoms with Crippen molar-refractivity contribution in [2.75, 3.05) is 11.4 Å². The highest BCUT2D eigenvalue weighted by molar-refractivity contribution is 6.02. The van der Waals surface area contributed by atoms with E-state index in [0.717, 1.165) is 17.7 Å². The zero-order chi connectivity index (χ0) is 12.4. The first-order valence-electron chi connectivity index (χ1n) is 5.74. The second-order valence-corrected chi connectivity index (χ2v) is 4.40. The van der Waals surface area contributed by atoms with E-state index in [0.29, 0.717) is 6.42 Å². The summed E-state index contributed by atoms with van der Waals surface area (Å²) in [5.74, 6) is -0.201. The number of anilines is 1. The number of nitrogens with zero attached hydrogens (tertiary/aromatic N) is 1. The third-order valence-corrected chi connectivity index (χ3v) is 2.97. The highest BCUT2D eigenvalue weighted by atomic mass is 16.2. The monoisotopic (exact) mass is 232 g/mol. The van der Waals surface area contributed by atoms with Crippen LogP contribution in [0.5, 0.6) is 0 Å². The number of hydrogen-bond acceptors (Lipinski definition) is 3. The molecule has 0 radical (unpaired) electrons. The van der Waals surface area contributed by atoms with Gasteiger partial charge < -0.3 is 10.6 Å². The summed E-state index contributed by atoms with van der Waals surface area (Å²) in [6.45, 7) is 1.58. The molecule has 1 amide bonds. The maximum Gasteiger partial charge on any atom is 0.244 e. The minimum absolute atomic E-state index is 0.0396. The molecule has 1 aromatic rings. The van der Waals surface area contributed by atoms with Crippen molar-refractivity contribution in [3.63, 3.8) is 0 Å². The van der Waals surface area contributed by atoms with Gasteiger partial charge in [-0.15, -0.1) is 0 Å². The molecule has 1 aromatic carbocycles. The van der Waals surface area contributed by atoms with Crippen LogP contribution in [-0.2, 0) is 16.0 Å². The summed E-state index contributed by atoms with van der Waals surface area (Å²) in [4.78, 5) is 24.9. The Kier molecular flexibility index (Phi) is 3.24. The first-order chi connectivity index (χ1) is 8.09. The molecule has 4 heteroatoms. The van der Waals surface area contributed by atoms with Crippen molar-refractivity contribution in [2.45, 2.75) is 25.8 Å². The van der Waals surface area contributed by atoms with Crippen LogP contribution in [0.15, 0.2) is 24.3 Å². The minimum atomic E-state index is -0.512. The molecule has 1 heterocycles. The van der Waals surface area contributed by atoms with Gasteiger partial charge in [0.1, 0.15) is 5.78 Å². The number of fused-ring (bicyclic) bond motifs is 1. The van der Waals surface area contributed by atoms with Crippen molar-refractivity contribution in [2.24, 2.45) is 5.73 Å². The lowest BCUT2D eigenvalue weighted by atomic mass is 10.1. The van der Waals surface area contributed by atoms with Gasteiger partial charge in [-0.1, -0.05) is 18.2 Å². The van der Waals surface area contributed by atoms with Gasteiger partial charge in [-0.3, -0.25) is 9.59 Å². The number of para-hydroxylation sites is 1. The molecule has 2 N–H and O–H groups in total. The van der Waals surface area contributed by atoms with Gasteiger partial charge in [0.05, 0.1) is 12.6 Å². The molecule has 0 spiro atoms. The number of Topliss-reactive ketones (excluding diaryl/α,β-unsaturated/α-hetero) is 1. The van der Waals surface area contributed by atoms with Crippen molar-refractivity contribution < 1.29 is 9.59 Å². The summed E-state index contributed by atoms with van der Waals surface area (Å²) in [5.41, 5.74) is 7.72. The molecule has 0 fully saturated rings. The van der Waals surface area contributed by atoms with Gasteiger partial charge in [0.25, 0.3) is 0 Å². The zero-order valence-corrected chi connectivity index (χ0v) is 9.85. The van der Waals surface area contributed by atoms with Gasteiger partial charge >= 0.3 is 0 Å². The fourth-order valence-corrected chi connectivity index (χ4v) is 2.12. The molecule has 1 atom stereocenters. The molecule has 4 nitrogen and oxygen atoms in total. The summed E-state index contributed by atoms with van der Waals surface area (Å²) >= 11 is 0. The smallest absolute Gasteiger partial charge is 0.244 e. The number of benzene rings is 1. The Bertz CT molecular complexity index is 456. The number of carbonyl (C=O) groups excluding carboxylic acids is 2. The molecule has 1 aliphatic heterocycles. The minimum Gasteiger partial charge on any atom is -0.320 e. The molecule has 0 aromatic heterocycles. The number of ketones is 1. The van der Waals surface area contributed by atoms with Gasteiger partial charge in [-0.25, -0.2) is 0 Å². The Morgan fingerprint density at radius 2 is 2.18 bits per heavy atom. The van der Waals surface area contributed by atoms with Crippen LogP contribution >= 0.6 is 0 Å². The highest BCUT2D eigenvalue weighted by Crippen LogP contribution is 2.26. The van der Waals surface area contributed by atoms with Crippen LogP contribution in [0, 0.1) is 0 Å². The molecular weight excluding hydrogens is 216 g/mol. The third kappa shape index (κ3) is 2.36. The summed E-state index contributed by atoms with van der Waals surface area (Å²) < 4.78 is 0. The van der Waals surface area contributed by atoms with Crippen molar-refractivity contribution in [1.29, 1.82) is 0 Å². The molecule has 0 aliphatic carbocycles. The Morgan fingerprint density at radius 3 is 2.88 bits per heavy atom. The summed E-state index contributed by atoms with van der Waals surface area (Å²) in [6, 6.07) is 7.14. The second kappa shape index (κ2) is 4.67. The number of amides is 1. The van der Waals surface area contributed by atoms with E-state index in [2.05, 4.69) is 0 Å². The van der Waals surface area contributed by atoms with Gasteiger partial charge in [-0.2, -0.15) is 0 Å². The fourth-order valence-electron chi connectivity index (χ4n) is 2.12. The molecule has 1 unspecified atom stereocenters. The van der Waals surface area contributed by atoms with Crippen molar-refractivity contribution >= 4 is 17.4 Å². The molecular formula is C13H16N2O2. The van der Waals surface area contributed by atoms with Crippen LogP contribution in [0.1, 0.15) is 18.9 Å². The molecule has 0 saturated heterocycles. The van der Waals surface area contributed by atoms with Crippen LogP contribution < -0.4 is 10.6 Å². The molecule has 90 valence electrons. The van der Waals surface area contributed by atoms with Crippen LogP contribution in [0.4, 0.5) is 5.69 Å².